The van der Waals surface area contributed by atoms with E-state index in [2.05, 4.69) is 31.6 Å². The van der Waals surface area contributed by atoms with Crippen molar-refractivity contribution in [3.63, 3.8) is 0 Å². The molecule has 6 N–H and O–H groups in total. The molecule has 25 nitrogen and oxygen atoms in total. The molecule has 0 bridgehead atoms. The molecule has 2 aromatic heterocycles. The number of aromatic nitrogens is 2. The molecule has 6 amide bonds. The van der Waals surface area contributed by atoms with E-state index in [4.69, 9.17) is 28.6 Å². The first-order chi connectivity index (χ1) is 39.0. The van der Waals surface area contributed by atoms with Crippen LogP contribution >= 0.6 is 0 Å². The van der Waals surface area contributed by atoms with Crippen molar-refractivity contribution in [3.05, 3.63) is 59.9 Å². The Morgan fingerprint density at radius 1 is 0.622 bits per heavy atom. The second kappa shape index (κ2) is 24.9. The number of amides is 6. The topological polar surface area (TPSA) is 329 Å². The number of rotatable bonds is 18. The molecule has 4 aromatic rings. The summed E-state index contributed by atoms with van der Waals surface area (Å²) in [6.45, 7) is 8.24. The molecule has 4 aliphatic rings. The van der Waals surface area contributed by atoms with Gasteiger partial charge in [0.15, 0.2) is 11.6 Å². The molecule has 82 heavy (non-hydrogen) atoms. The molecular weight excluding hydrogens is 1070 g/mol. The van der Waals surface area contributed by atoms with E-state index in [1.165, 1.54) is 40.2 Å². The van der Waals surface area contributed by atoms with Crippen LogP contribution < -0.4 is 31.1 Å². The van der Waals surface area contributed by atoms with Crippen molar-refractivity contribution in [2.45, 2.75) is 116 Å². The Morgan fingerprint density at radius 2 is 1.01 bits per heavy atom. The van der Waals surface area contributed by atoms with E-state index >= 15 is 0 Å². The summed E-state index contributed by atoms with van der Waals surface area (Å²) in [6.07, 6.45) is -2.68. The number of aromatic amines is 2. The number of ketones is 2. The molecule has 440 valence electrons. The molecule has 4 fully saturated rings. The van der Waals surface area contributed by atoms with E-state index in [1.54, 1.807) is 64.1 Å². The SMILES string of the molecule is COc1cccc2[nH]c(C(=O)N[C@]3(CC(C)C)C(=O)ON[C@@H](C[C@@H]4CCN(C(C)=O)C4=O)C(=O)C[C@@H]3COC(=O)OC[C@H]3CC(=O)[C@H](C[C@@H]4CCN(C(C)=O)C4=O)NOC(=O)[C@@]3(CC(C)C)NC(=O)c3cc4c(OC)cccc4[nH]3)cc12. The van der Waals surface area contributed by atoms with Crippen LogP contribution in [0.25, 0.3) is 21.8 Å². The van der Waals surface area contributed by atoms with Gasteiger partial charge in [0.05, 0.1) is 14.2 Å². The van der Waals surface area contributed by atoms with Gasteiger partial charge in [-0.25, -0.2) is 14.4 Å². The molecule has 25 heteroatoms. The highest BCUT2D eigenvalue weighted by Crippen LogP contribution is 2.38. The summed E-state index contributed by atoms with van der Waals surface area (Å²) in [5.41, 5.74) is 1.91. The molecule has 2 aromatic carbocycles. The van der Waals surface area contributed by atoms with E-state index in [0.29, 0.717) is 33.3 Å². The normalized spacial score (nSPS) is 25.3. The quantitative estimate of drug-likeness (QED) is 0.0602. The van der Waals surface area contributed by atoms with Crippen LogP contribution in [0, 0.1) is 35.5 Å². The highest BCUT2D eigenvalue weighted by molar-refractivity contribution is 6.04. The standard InChI is InChI=1S/C57H70N8O17/c1-29(2)25-56(60-49(70)43-23-37-39(58-43)11-9-13-47(37)77-7)35(21-45(68)41(62-81-53(56)74)19-33-15-17-64(31(5)66)51(33)72)27-79-55(76)80-28-36-22-46(69)42(20-34-16-18-65(32(6)67)52(34)73)63-82-54(75)57(36,26-30(3)4)61-50(71)44-24-38-40(59-44)12-10-14-48(38)78-8/h9-14,23-24,29-30,33-36,41-42,58-59,62-63H,15-22,25-28H2,1-8H3,(H,60,70)(H,61,71)/t33-,34-,35+,36+,41-,42-,56-,57-/m0/s1. The summed E-state index contributed by atoms with van der Waals surface area (Å²) < 4.78 is 22.6. The molecular formula is C57H70N8O17. The average molecular weight is 1140 g/mol. The summed E-state index contributed by atoms with van der Waals surface area (Å²) in [4.78, 5) is 172. The fourth-order valence-electron chi connectivity index (χ4n) is 11.9. The Balaban J connectivity index is 1.10. The largest absolute Gasteiger partial charge is 0.508 e. The molecule has 4 aliphatic heterocycles. The van der Waals surface area contributed by atoms with Gasteiger partial charge in [0, 0.05) is 85.3 Å². The van der Waals surface area contributed by atoms with Crippen LogP contribution in [0.3, 0.4) is 0 Å². The van der Waals surface area contributed by atoms with Crippen molar-refractivity contribution >= 4 is 86.9 Å². The lowest BCUT2D eigenvalue weighted by Gasteiger charge is -2.42. The first kappa shape index (κ1) is 59.9. The minimum atomic E-state index is -2.11. The molecule has 0 aliphatic carbocycles. The fourth-order valence-corrected chi connectivity index (χ4v) is 11.9. The number of carbonyl (C=O) groups is 11. The number of nitrogens with one attached hydrogen (secondary N) is 6. The van der Waals surface area contributed by atoms with Gasteiger partial charge in [0.25, 0.3) is 11.8 Å². The van der Waals surface area contributed by atoms with E-state index in [-0.39, 0.29) is 63.0 Å². The maximum Gasteiger partial charge on any atom is 0.508 e. The lowest BCUT2D eigenvalue weighted by atomic mass is 9.74. The number of hydrogen-bond donors (Lipinski definition) is 6. The van der Waals surface area contributed by atoms with Gasteiger partial charge < -0.3 is 49.2 Å². The molecule has 4 saturated heterocycles. The summed E-state index contributed by atoms with van der Waals surface area (Å²) in [5.74, 6) is -11.1. The highest BCUT2D eigenvalue weighted by atomic mass is 16.7. The Labute approximate surface area is 471 Å². The van der Waals surface area contributed by atoms with Gasteiger partial charge in [-0.05, 0) is 86.8 Å². The van der Waals surface area contributed by atoms with Crippen LogP contribution in [0.4, 0.5) is 4.79 Å². The van der Waals surface area contributed by atoms with Crippen LogP contribution in [-0.4, -0.2) is 149 Å². The summed E-state index contributed by atoms with van der Waals surface area (Å²) in [5, 5.41) is 6.76. The number of imide groups is 2. The van der Waals surface area contributed by atoms with E-state index in [0.717, 1.165) is 9.80 Å². The minimum absolute atomic E-state index is 0.00216. The number of nitrogens with zero attached hydrogens (tertiary/aromatic N) is 2. The van der Waals surface area contributed by atoms with E-state index < -0.39 is 150 Å². The minimum Gasteiger partial charge on any atom is -0.496 e. The van der Waals surface area contributed by atoms with Crippen LogP contribution in [0.15, 0.2) is 48.5 Å². The Morgan fingerprint density at radius 3 is 1.35 bits per heavy atom. The number of methoxy groups -OCH3 is 2. The first-order valence-electron chi connectivity index (χ1n) is 27.4. The summed E-state index contributed by atoms with van der Waals surface area (Å²) in [6, 6.07) is 10.7. The number of hydrogen-bond acceptors (Lipinski definition) is 19. The zero-order valence-electron chi connectivity index (χ0n) is 47.1. The predicted octanol–water partition coefficient (Wildman–Crippen LogP) is 4.13. The average Bonchev–Trinajstić information content (AvgIpc) is 4.38. The van der Waals surface area contributed by atoms with Gasteiger partial charge in [-0.1, -0.05) is 39.8 Å². The maximum atomic E-state index is 14.8. The summed E-state index contributed by atoms with van der Waals surface area (Å²) >= 11 is 0. The molecule has 0 radical (unpaired) electrons. The van der Waals surface area contributed by atoms with Gasteiger partial charge in [-0.15, -0.1) is 11.0 Å². The van der Waals surface area contributed by atoms with E-state index in [9.17, 15) is 52.7 Å². The van der Waals surface area contributed by atoms with Crippen molar-refractivity contribution < 1.29 is 81.4 Å². The van der Waals surface area contributed by atoms with Gasteiger partial charge >= 0.3 is 18.1 Å². The van der Waals surface area contributed by atoms with Crippen LogP contribution in [0.5, 0.6) is 11.5 Å². The predicted molar refractivity (Wildman–Crippen MR) is 289 cm³/mol. The zero-order valence-corrected chi connectivity index (χ0v) is 47.1. The molecule has 8 atom stereocenters. The van der Waals surface area contributed by atoms with Crippen molar-refractivity contribution in [1.29, 1.82) is 0 Å². The molecule has 6 heterocycles. The van der Waals surface area contributed by atoms with Crippen molar-refractivity contribution in [2.24, 2.45) is 35.5 Å². The maximum absolute atomic E-state index is 14.8. The third-order valence-corrected chi connectivity index (χ3v) is 15.9. The second-order valence-corrected chi connectivity index (χ2v) is 22.4. The lowest BCUT2D eigenvalue weighted by Crippen LogP contribution is -2.65. The van der Waals surface area contributed by atoms with Crippen LogP contribution in [0.1, 0.15) is 114 Å². The first-order valence-corrected chi connectivity index (χ1v) is 27.4. The third kappa shape index (κ3) is 12.5. The second-order valence-electron chi connectivity index (χ2n) is 22.4. The number of fused-ring (bicyclic) bond motifs is 2. The Bertz CT molecular complexity index is 2980. The number of hydroxylamine groups is 2. The van der Waals surface area contributed by atoms with Crippen molar-refractivity contribution in [1.82, 2.24) is 41.4 Å². The lowest BCUT2D eigenvalue weighted by molar-refractivity contribution is -0.171. The number of benzene rings is 2. The van der Waals surface area contributed by atoms with Crippen molar-refractivity contribution in [3.8, 4) is 11.5 Å². The number of Topliss-reactive ketones (excluding diaryl/α,β-unsaturated/α-hetero) is 2. The van der Waals surface area contributed by atoms with E-state index in [1.807, 2.05) is 0 Å². The Kier molecular flexibility index (Phi) is 18.2. The van der Waals surface area contributed by atoms with Gasteiger partial charge in [-0.2, -0.15) is 0 Å². The Hall–Kier alpha value is -8.19. The van der Waals surface area contributed by atoms with Crippen LogP contribution in [0.2, 0.25) is 0 Å². The zero-order chi connectivity index (χ0) is 59.4. The van der Waals surface area contributed by atoms with Gasteiger partial charge in [0.2, 0.25) is 23.6 Å². The number of carbonyl (C=O) groups excluding carboxylic acids is 11. The third-order valence-electron chi connectivity index (χ3n) is 15.9. The fraction of sp³-hybridized carbons (Fsp3) is 0.526. The van der Waals surface area contributed by atoms with Gasteiger partial charge in [0.1, 0.15) is 59.3 Å². The number of likely N-dealkylation sites (tertiary alicyclic amines) is 2. The smallest absolute Gasteiger partial charge is 0.496 e. The van der Waals surface area contributed by atoms with Crippen molar-refractivity contribution in [2.75, 3.05) is 40.5 Å². The number of ether oxygens (including phenoxy) is 4. The molecule has 0 unspecified atom stereocenters. The van der Waals surface area contributed by atoms with Crippen LogP contribution in [-0.2, 0) is 57.5 Å². The molecule has 8 rings (SSSR count). The molecule has 0 saturated carbocycles. The summed E-state index contributed by atoms with van der Waals surface area (Å²) in [7, 11) is 2.93. The van der Waals surface area contributed by atoms with Gasteiger partial charge in [-0.3, -0.25) is 48.2 Å². The monoisotopic (exact) mass is 1140 g/mol. The highest BCUT2D eigenvalue weighted by Gasteiger charge is 2.55. The molecule has 0 spiro atoms. The number of H-pyrrole nitrogens is 2.